The minimum Gasteiger partial charge on any atom is -0.134 e. The third-order valence-electron chi connectivity index (χ3n) is 2.00. The van der Waals surface area contributed by atoms with E-state index in [4.69, 9.17) is 11.6 Å². The van der Waals surface area contributed by atoms with Gasteiger partial charge in [0.1, 0.15) is 0 Å². The molecule has 13 heavy (non-hydrogen) atoms. The average molecular weight is 208 g/mol. The standard InChI is InChI=1S/C11H8ClS/c1-8-9(4-2-5-10(8)12)11-6-3-7-13-11/h2-6H,1H3. The van der Waals surface area contributed by atoms with Gasteiger partial charge in [-0.25, -0.2) is 0 Å². The highest BCUT2D eigenvalue weighted by molar-refractivity contribution is 7.13. The van der Waals surface area contributed by atoms with Crippen LogP contribution in [0.25, 0.3) is 10.4 Å². The van der Waals surface area contributed by atoms with Crippen LogP contribution in [0.1, 0.15) is 5.56 Å². The molecule has 2 rings (SSSR count). The minimum absolute atomic E-state index is 0.825. The lowest BCUT2D eigenvalue weighted by atomic mass is 10.1. The first kappa shape index (κ1) is 8.79. The fraction of sp³-hybridized carbons (Fsp3) is 0.0909. The van der Waals surface area contributed by atoms with E-state index in [-0.39, 0.29) is 0 Å². The summed E-state index contributed by atoms with van der Waals surface area (Å²) in [7, 11) is 0. The van der Waals surface area contributed by atoms with E-state index >= 15 is 0 Å². The normalized spacial score (nSPS) is 10.3. The molecule has 1 radical (unpaired) electrons. The number of halogens is 1. The van der Waals surface area contributed by atoms with Crippen LogP contribution in [0.3, 0.4) is 0 Å². The Bertz CT molecular complexity index is 404. The van der Waals surface area contributed by atoms with Crippen LogP contribution in [-0.4, -0.2) is 0 Å². The third-order valence-corrected chi connectivity index (χ3v) is 3.24. The quantitative estimate of drug-likeness (QED) is 0.658. The van der Waals surface area contributed by atoms with Crippen molar-refractivity contribution < 1.29 is 0 Å². The molecule has 1 heterocycles. The maximum absolute atomic E-state index is 6.03. The summed E-state index contributed by atoms with van der Waals surface area (Å²) in [4.78, 5) is 1.22. The van der Waals surface area contributed by atoms with Gasteiger partial charge in [-0.3, -0.25) is 0 Å². The summed E-state index contributed by atoms with van der Waals surface area (Å²) in [5.74, 6) is 0. The Hall–Kier alpha value is -0.790. The van der Waals surface area contributed by atoms with E-state index in [0.29, 0.717) is 0 Å². The van der Waals surface area contributed by atoms with Gasteiger partial charge in [0.05, 0.1) is 0 Å². The largest absolute Gasteiger partial charge is 0.134 e. The van der Waals surface area contributed by atoms with Gasteiger partial charge in [0.25, 0.3) is 0 Å². The first-order valence-electron chi connectivity index (χ1n) is 4.00. The highest BCUT2D eigenvalue weighted by atomic mass is 35.5. The first-order valence-corrected chi connectivity index (χ1v) is 5.20. The van der Waals surface area contributed by atoms with Gasteiger partial charge in [-0.05, 0) is 36.2 Å². The molecule has 1 aromatic carbocycles. The molecule has 0 saturated heterocycles. The van der Waals surface area contributed by atoms with Crippen molar-refractivity contribution in [3.05, 3.63) is 46.3 Å². The predicted octanol–water partition coefficient (Wildman–Crippen LogP) is 4.18. The number of rotatable bonds is 1. The molecule has 0 N–H and O–H groups in total. The zero-order valence-corrected chi connectivity index (χ0v) is 8.75. The topological polar surface area (TPSA) is 0 Å². The number of benzene rings is 1. The lowest BCUT2D eigenvalue weighted by molar-refractivity contribution is 1.48. The molecule has 0 aliphatic rings. The molecule has 2 heteroatoms. The molecule has 1 aromatic heterocycles. The molecule has 0 fully saturated rings. The summed E-state index contributed by atoms with van der Waals surface area (Å²) in [6, 6.07) is 9.96. The fourth-order valence-electron chi connectivity index (χ4n) is 1.26. The summed E-state index contributed by atoms with van der Waals surface area (Å²) in [6.07, 6.45) is 0. The van der Waals surface area contributed by atoms with E-state index in [2.05, 4.69) is 17.5 Å². The number of thiophene rings is 1. The average Bonchev–Trinajstić information content (AvgIpc) is 2.62. The second-order valence-electron chi connectivity index (χ2n) is 2.83. The van der Waals surface area contributed by atoms with Crippen LogP contribution in [-0.2, 0) is 0 Å². The Kier molecular flexibility index (Phi) is 2.38. The lowest BCUT2D eigenvalue weighted by Gasteiger charge is -2.03. The van der Waals surface area contributed by atoms with Crippen LogP contribution in [0.4, 0.5) is 0 Å². The number of hydrogen-bond donors (Lipinski definition) is 0. The Morgan fingerprint density at radius 3 is 2.85 bits per heavy atom. The van der Waals surface area contributed by atoms with Gasteiger partial charge < -0.3 is 0 Å². The Morgan fingerprint density at radius 2 is 2.15 bits per heavy atom. The molecule has 0 amide bonds. The molecule has 65 valence electrons. The smallest absolute Gasteiger partial charge is 0.0449 e. The Morgan fingerprint density at radius 1 is 1.31 bits per heavy atom. The lowest BCUT2D eigenvalue weighted by Crippen LogP contribution is -1.80. The van der Waals surface area contributed by atoms with Crippen LogP contribution in [0, 0.1) is 12.3 Å². The van der Waals surface area contributed by atoms with Crippen molar-refractivity contribution in [1.82, 2.24) is 0 Å². The van der Waals surface area contributed by atoms with Crippen molar-refractivity contribution >= 4 is 22.9 Å². The molecular formula is C11H8ClS. The third kappa shape index (κ3) is 1.62. The zero-order chi connectivity index (χ0) is 9.26. The van der Waals surface area contributed by atoms with Gasteiger partial charge >= 0.3 is 0 Å². The van der Waals surface area contributed by atoms with Gasteiger partial charge in [0.2, 0.25) is 0 Å². The fourth-order valence-corrected chi connectivity index (χ4v) is 2.17. The molecule has 0 aliphatic heterocycles. The van der Waals surface area contributed by atoms with Crippen LogP contribution in [0.15, 0.2) is 30.3 Å². The van der Waals surface area contributed by atoms with Crippen molar-refractivity contribution in [3.8, 4) is 10.4 Å². The minimum atomic E-state index is 0.825. The molecule has 0 aliphatic carbocycles. The van der Waals surface area contributed by atoms with Gasteiger partial charge in [0.15, 0.2) is 0 Å². The van der Waals surface area contributed by atoms with Crippen molar-refractivity contribution in [2.24, 2.45) is 0 Å². The predicted molar refractivity (Wildman–Crippen MR) is 58.3 cm³/mol. The zero-order valence-electron chi connectivity index (χ0n) is 7.17. The maximum atomic E-state index is 6.03. The summed E-state index contributed by atoms with van der Waals surface area (Å²) in [5, 5.41) is 3.90. The van der Waals surface area contributed by atoms with Crippen LogP contribution >= 0.6 is 22.9 Å². The highest BCUT2D eigenvalue weighted by Crippen LogP contribution is 2.30. The van der Waals surface area contributed by atoms with Crippen molar-refractivity contribution in [2.45, 2.75) is 6.92 Å². The van der Waals surface area contributed by atoms with Crippen LogP contribution in [0.5, 0.6) is 0 Å². The second kappa shape index (κ2) is 3.52. The Balaban J connectivity index is 2.59. The van der Waals surface area contributed by atoms with E-state index in [1.165, 1.54) is 10.4 Å². The van der Waals surface area contributed by atoms with E-state index in [1.54, 1.807) is 11.3 Å². The van der Waals surface area contributed by atoms with Gasteiger partial charge in [-0.15, -0.1) is 11.3 Å². The molecular weight excluding hydrogens is 200 g/mol. The summed E-state index contributed by atoms with van der Waals surface area (Å²) in [6.45, 7) is 2.04. The van der Waals surface area contributed by atoms with E-state index in [0.717, 1.165) is 10.6 Å². The number of hydrogen-bond acceptors (Lipinski definition) is 1. The monoisotopic (exact) mass is 207 g/mol. The van der Waals surface area contributed by atoms with Crippen molar-refractivity contribution in [1.29, 1.82) is 0 Å². The van der Waals surface area contributed by atoms with Crippen molar-refractivity contribution in [2.75, 3.05) is 0 Å². The van der Waals surface area contributed by atoms with E-state index in [1.807, 2.05) is 25.1 Å². The van der Waals surface area contributed by atoms with Gasteiger partial charge in [0, 0.05) is 15.3 Å². The van der Waals surface area contributed by atoms with Gasteiger partial charge in [-0.1, -0.05) is 23.7 Å². The van der Waals surface area contributed by atoms with Gasteiger partial charge in [-0.2, -0.15) is 0 Å². The Labute approximate surface area is 86.8 Å². The first-order chi connectivity index (χ1) is 6.29. The van der Waals surface area contributed by atoms with E-state index < -0.39 is 0 Å². The van der Waals surface area contributed by atoms with Crippen LogP contribution < -0.4 is 0 Å². The van der Waals surface area contributed by atoms with Crippen molar-refractivity contribution in [3.63, 3.8) is 0 Å². The molecule has 0 saturated carbocycles. The maximum Gasteiger partial charge on any atom is 0.0449 e. The summed E-state index contributed by atoms with van der Waals surface area (Å²) < 4.78 is 0. The molecule has 2 aromatic rings. The van der Waals surface area contributed by atoms with Crippen LogP contribution in [0.2, 0.25) is 5.02 Å². The summed E-state index contributed by atoms with van der Waals surface area (Å²) >= 11 is 7.64. The molecule has 0 unspecified atom stereocenters. The molecule has 0 bridgehead atoms. The highest BCUT2D eigenvalue weighted by Gasteiger charge is 2.04. The molecule has 0 nitrogen and oxygen atoms in total. The summed E-state index contributed by atoms with van der Waals surface area (Å²) in [5.41, 5.74) is 2.35. The van der Waals surface area contributed by atoms with E-state index in [9.17, 15) is 0 Å². The molecule has 0 spiro atoms. The second-order valence-corrected chi connectivity index (χ2v) is 4.12. The SMILES string of the molecule is Cc1c(Cl)cccc1-c1cc[c]s1. The molecule has 0 atom stereocenters.